The molecule has 6 heteroatoms. The van der Waals surface area contributed by atoms with Crippen molar-refractivity contribution in [3.05, 3.63) is 4.91 Å². The molecule has 0 bridgehead atoms. The molecular formula is C7H12N2O4. The number of morpholine rings is 1. The summed E-state index contributed by atoms with van der Waals surface area (Å²) in [6.07, 6.45) is -0.953. The Bertz CT molecular complexity index is 229. The zero-order valence-electron chi connectivity index (χ0n) is 7.56. The molecule has 1 atom stereocenters. The van der Waals surface area contributed by atoms with Crippen molar-refractivity contribution in [2.75, 3.05) is 13.2 Å². The van der Waals surface area contributed by atoms with E-state index in [0.29, 0.717) is 0 Å². The number of carboxylic acid groups (broad SMARTS) is 1. The van der Waals surface area contributed by atoms with Crippen molar-refractivity contribution < 1.29 is 14.6 Å². The Kier molecular flexibility index (Phi) is 2.51. The van der Waals surface area contributed by atoms with Crippen LogP contribution in [0, 0.1) is 4.91 Å². The number of carbonyl (C=O) groups is 1. The summed E-state index contributed by atoms with van der Waals surface area (Å²) in [6.45, 7) is 3.74. The highest BCUT2D eigenvalue weighted by atomic mass is 16.5. The third-order valence-corrected chi connectivity index (χ3v) is 2.05. The number of carboxylic acids is 1. The van der Waals surface area contributed by atoms with Gasteiger partial charge in [-0.3, -0.25) is 0 Å². The van der Waals surface area contributed by atoms with Crippen molar-refractivity contribution >= 4 is 5.97 Å². The molecule has 1 saturated heterocycles. The molecule has 6 nitrogen and oxygen atoms in total. The van der Waals surface area contributed by atoms with E-state index in [-0.39, 0.29) is 13.2 Å². The van der Waals surface area contributed by atoms with Gasteiger partial charge in [0.1, 0.15) is 0 Å². The maximum absolute atomic E-state index is 10.5. The molecular weight excluding hydrogens is 176 g/mol. The molecule has 1 rings (SSSR count). The first-order valence-electron chi connectivity index (χ1n) is 3.92. The summed E-state index contributed by atoms with van der Waals surface area (Å²) >= 11 is 0. The first-order chi connectivity index (χ1) is 5.97. The molecule has 13 heavy (non-hydrogen) atoms. The van der Waals surface area contributed by atoms with Crippen LogP contribution in [-0.2, 0) is 9.53 Å². The second-order valence-electron chi connectivity index (χ2n) is 3.61. The molecule has 0 amide bonds. The summed E-state index contributed by atoms with van der Waals surface area (Å²) in [4.78, 5) is 20.9. The fourth-order valence-corrected chi connectivity index (χ4v) is 1.13. The summed E-state index contributed by atoms with van der Waals surface area (Å²) in [6, 6.07) is 0. The highest BCUT2D eigenvalue weighted by Crippen LogP contribution is 2.21. The molecule has 74 valence electrons. The fraction of sp³-hybridized carbons (Fsp3) is 0.857. The van der Waals surface area contributed by atoms with Crippen LogP contribution in [0.5, 0.6) is 0 Å². The summed E-state index contributed by atoms with van der Waals surface area (Å²) < 4.78 is 5.05. The van der Waals surface area contributed by atoms with Gasteiger partial charge in [0.25, 0.3) is 0 Å². The van der Waals surface area contributed by atoms with E-state index in [1.54, 1.807) is 13.8 Å². The minimum atomic E-state index is -1.07. The molecule has 0 saturated carbocycles. The van der Waals surface area contributed by atoms with Crippen LogP contribution in [0.2, 0.25) is 0 Å². The summed E-state index contributed by atoms with van der Waals surface area (Å²) in [5.41, 5.74) is -0.520. The van der Waals surface area contributed by atoms with Gasteiger partial charge in [0, 0.05) is 0 Å². The molecule has 1 fully saturated rings. The quantitative estimate of drug-likeness (QED) is 0.627. The number of nitrogens with zero attached hydrogens (tertiary/aromatic N) is 2. The van der Waals surface area contributed by atoms with Crippen molar-refractivity contribution in [2.45, 2.75) is 25.5 Å². The second-order valence-corrected chi connectivity index (χ2v) is 3.61. The molecule has 1 unspecified atom stereocenters. The molecule has 0 aromatic rings. The van der Waals surface area contributed by atoms with E-state index >= 15 is 0 Å². The lowest BCUT2D eigenvalue weighted by molar-refractivity contribution is -0.165. The summed E-state index contributed by atoms with van der Waals surface area (Å²) in [5, 5.41) is 12.6. The van der Waals surface area contributed by atoms with Crippen LogP contribution in [0.3, 0.4) is 0 Å². The predicted octanol–water partition coefficient (Wildman–Crippen LogP) is 0.232. The number of hydrogen-bond donors (Lipinski definition) is 1. The van der Waals surface area contributed by atoms with Gasteiger partial charge < -0.3 is 9.84 Å². The lowest BCUT2D eigenvalue weighted by Crippen LogP contribution is -2.55. The molecule has 0 spiro atoms. The van der Waals surface area contributed by atoms with E-state index in [4.69, 9.17) is 9.84 Å². The zero-order valence-corrected chi connectivity index (χ0v) is 7.56. The molecule has 0 radical (unpaired) electrons. The SMILES string of the molecule is CC1(C)COC(C(=O)O)CN1N=O. The minimum Gasteiger partial charge on any atom is -0.479 e. The number of rotatable bonds is 2. The van der Waals surface area contributed by atoms with Gasteiger partial charge in [-0.05, 0) is 13.8 Å². The lowest BCUT2D eigenvalue weighted by atomic mass is 10.0. The van der Waals surface area contributed by atoms with Crippen molar-refractivity contribution in [2.24, 2.45) is 5.29 Å². The van der Waals surface area contributed by atoms with E-state index in [2.05, 4.69) is 5.29 Å². The third-order valence-electron chi connectivity index (χ3n) is 2.05. The van der Waals surface area contributed by atoms with Crippen LogP contribution in [0.15, 0.2) is 5.29 Å². The van der Waals surface area contributed by atoms with Crippen LogP contribution in [0.1, 0.15) is 13.8 Å². The van der Waals surface area contributed by atoms with Gasteiger partial charge >= 0.3 is 5.97 Å². The van der Waals surface area contributed by atoms with Crippen molar-refractivity contribution in [1.29, 1.82) is 0 Å². The Morgan fingerprint density at radius 1 is 1.69 bits per heavy atom. The number of hydrogen-bond acceptors (Lipinski definition) is 4. The van der Waals surface area contributed by atoms with E-state index in [1.807, 2.05) is 0 Å². The Labute approximate surface area is 75.4 Å². The van der Waals surface area contributed by atoms with Crippen LogP contribution in [0.25, 0.3) is 0 Å². The molecule has 0 aliphatic carbocycles. The Morgan fingerprint density at radius 3 is 2.77 bits per heavy atom. The molecule has 1 aliphatic heterocycles. The number of ether oxygens (including phenoxy) is 1. The van der Waals surface area contributed by atoms with Crippen LogP contribution < -0.4 is 0 Å². The largest absolute Gasteiger partial charge is 0.479 e. The van der Waals surface area contributed by atoms with Crippen molar-refractivity contribution in [3.8, 4) is 0 Å². The van der Waals surface area contributed by atoms with E-state index < -0.39 is 17.6 Å². The predicted molar refractivity (Wildman–Crippen MR) is 44.0 cm³/mol. The van der Waals surface area contributed by atoms with Gasteiger partial charge in [-0.15, -0.1) is 4.91 Å². The van der Waals surface area contributed by atoms with Crippen LogP contribution in [0.4, 0.5) is 0 Å². The highest BCUT2D eigenvalue weighted by molar-refractivity contribution is 5.72. The average molecular weight is 188 g/mol. The van der Waals surface area contributed by atoms with Gasteiger partial charge in [0.15, 0.2) is 6.10 Å². The summed E-state index contributed by atoms with van der Waals surface area (Å²) in [5.74, 6) is -1.07. The molecule has 0 aromatic heterocycles. The van der Waals surface area contributed by atoms with Gasteiger partial charge in [-0.1, -0.05) is 0 Å². The maximum atomic E-state index is 10.5. The lowest BCUT2D eigenvalue weighted by Gasteiger charge is -2.39. The molecule has 1 aliphatic rings. The van der Waals surface area contributed by atoms with Gasteiger partial charge in [0.05, 0.1) is 24.0 Å². The highest BCUT2D eigenvalue weighted by Gasteiger charge is 2.38. The van der Waals surface area contributed by atoms with Gasteiger partial charge in [-0.25, -0.2) is 9.80 Å². The van der Waals surface area contributed by atoms with E-state index in [9.17, 15) is 9.70 Å². The first-order valence-corrected chi connectivity index (χ1v) is 3.92. The normalized spacial score (nSPS) is 26.9. The Balaban J connectivity index is 2.68. The topological polar surface area (TPSA) is 79.2 Å². The second kappa shape index (κ2) is 3.29. The molecule has 1 heterocycles. The smallest absolute Gasteiger partial charge is 0.334 e. The molecule has 0 aromatic carbocycles. The third kappa shape index (κ3) is 1.95. The van der Waals surface area contributed by atoms with Crippen LogP contribution in [-0.4, -0.2) is 40.9 Å². The monoisotopic (exact) mass is 188 g/mol. The standard InChI is InChI=1S/C7H12N2O4/c1-7(2)4-13-5(6(10)11)3-9(7)8-12/h5H,3-4H2,1-2H3,(H,10,11). The minimum absolute atomic E-state index is 0.00579. The van der Waals surface area contributed by atoms with Crippen molar-refractivity contribution in [3.63, 3.8) is 0 Å². The fourth-order valence-electron chi connectivity index (χ4n) is 1.13. The Morgan fingerprint density at radius 2 is 2.31 bits per heavy atom. The van der Waals surface area contributed by atoms with E-state index in [1.165, 1.54) is 5.01 Å². The zero-order chi connectivity index (χ0) is 10.1. The van der Waals surface area contributed by atoms with E-state index in [0.717, 1.165) is 0 Å². The summed E-state index contributed by atoms with van der Waals surface area (Å²) in [7, 11) is 0. The number of nitroso groups, excluding NO2 is 1. The molecule has 1 N–H and O–H groups in total. The van der Waals surface area contributed by atoms with Crippen LogP contribution >= 0.6 is 0 Å². The Hall–Kier alpha value is -1.17. The van der Waals surface area contributed by atoms with Gasteiger partial charge in [-0.2, -0.15) is 0 Å². The average Bonchev–Trinajstić information content (AvgIpc) is 2.03. The van der Waals surface area contributed by atoms with Crippen molar-refractivity contribution in [1.82, 2.24) is 5.01 Å². The number of aliphatic carboxylic acids is 1. The van der Waals surface area contributed by atoms with Gasteiger partial charge in [0.2, 0.25) is 0 Å². The first kappa shape index (κ1) is 9.91. The maximum Gasteiger partial charge on any atom is 0.334 e.